The van der Waals surface area contributed by atoms with Crippen molar-refractivity contribution in [3.05, 3.63) is 34.9 Å². The minimum Gasteiger partial charge on any atom is -0.314 e. The van der Waals surface area contributed by atoms with Crippen molar-refractivity contribution in [2.45, 2.75) is 18.8 Å². The van der Waals surface area contributed by atoms with Crippen LogP contribution >= 0.6 is 0 Å². The molecule has 1 N–H and O–H groups in total. The molecule has 0 unspecified atom stereocenters. The molecule has 1 aliphatic heterocycles. The fourth-order valence-electron chi connectivity index (χ4n) is 3.24. The van der Waals surface area contributed by atoms with Crippen molar-refractivity contribution in [1.82, 2.24) is 10.2 Å². The van der Waals surface area contributed by atoms with Crippen molar-refractivity contribution in [1.29, 1.82) is 5.26 Å². The molecule has 3 nitrogen and oxygen atoms in total. The summed E-state index contributed by atoms with van der Waals surface area (Å²) in [6, 6.07) is 8.53. The molecule has 0 saturated carbocycles. The van der Waals surface area contributed by atoms with Crippen molar-refractivity contribution in [2.75, 3.05) is 32.7 Å². The van der Waals surface area contributed by atoms with Gasteiger partial charge in [-0.2, -0.15) is 5.26 Å². The third-order valence-electron chi connectivity index (χ3n) is 4.20. The predicted octanol–water partition coefficient (Wildman–Crippen LogP) is 1.49. The second-order valence-electron chi connectivity index (χ2n) is 5.27. The maximum atomic E-state index is 9.14. The molecule has 0 bridgehead atoms. The van der Waals surface area contributed by atoms with Crippen LogP contribution in [-0.4, -0.2) is 37.6 Å². The Labute approximate surface area is 108 Å². The molecule has 0 radical (unpaired) electrons. The summed E-state index contributed by atoms with van der Waals surface area (Å²) in [5, 5.41) is 12.5. The van der Waals surface area contributed by atoms with Gasteiger partial charge >= 0.3 is 0 Å². The van der Waals surface area contributed by atoms with Gasteiger partial charge in [-0.1, -0.05) is 12.1 Å². The number of nitrogens with one attached hydrogen (secondary N) is 1. The quantitative estimate of drug-likeness (QED) is 0.852. The van der Waals surface area contributed by atoms with Gasteiger partial charge in [0.25, 0.3) is 0 Å². The minimum atomic E-state index is 0.631. The highest BCUT2D eigenvalue weighted by atomic mass is 15.2. The van der Waals surface area contributed by atoms with E-state index in [2.05, 4.69) is 22.4 Å². The fraction of sp³-hybridized carbons (Fsp3) is 0.533. The number of nitriles is 1. The van der Waals surface area contributed by atoms with E-state index in [1.165, 1.54) is 17.5 Å². The molecule has 2 aliphatic rings. The highest BCUT2D eigenvalue weighted by Gasteiger charge is 2.26. The minimum absolute atomic E-state index is 0.631. The summed E-state index contributed by atoms with van der Waals surface area (Å²) >= 11 is 0. The van der Waals surface area contributed by atoms with E-state index in [0.29, 0.717) is 5.92 Å². The lowest BCUT2D eigenvalue weighted by molar-refractivity contribution is 0.226. The summed E-state index contributed by atoms with van der Waals surface area (Å²) in [5.41, 5.74) is 3.61. The first-order valence-electron chi connectivity index (χ1n) is 6.83. The number of hydrogen-bond donors (Lipinski definition) is 1. The van der Waals surface area contributed by atoms with Crippen molar-refractivity contribution >= 4 is 0 Å². The van der Waals surface area contributed by atoms with Crippen molar-refractivity contribution < 1.29 is 0 Å². The standard InChI is InChI=1S/C15H19N3/c16-10-12-2-1-3-14-13(4-5-15(12)14)11-18-8-6-17-7-9-18/h1-3,13,17H,4-9,11H2/t13-/m1/s1. The molecular weight excluding hydrogens is 222 g/mol. The van der Waals surface area contributed by atoms with E-state index in [1.807, 2.05) is 12.1 Å². The van der Waals surface area contributed by atoms with E-state index in [1.54, 1.807) is 0 Å². The van der Waals surface area contributed by atoms with Crippen molar-refractivity contribution in [3.8, 4) is 6.07 Å². The Hall–Kier alpha value is -1.37. The molecule has 1 heterocycles. The monoisotopic (exact) mass is 241 g/mol. The number of benzene rings is 1. The summed E-state index contributed by atoms with van der Waals surface area (Å²) in [6.07, 6.45) is 2.29. The van der Waals surface area contributed by atoms with Gasteiger partial charge in [-0.15, -0.1) is 0 Å². The molecule has 1 fully saturated rings. The zero-order valence-electron chi connectivity index (χ0n) is 10.7. The van der Waals surface area contributed by atoms with Crippen LogP contribution in [0.2, 0.25) is 0 Å². The van der Waals surface area contributed by atoms with Crippen LogP contribution in [-0.2, 0) is 6.42 Å². The van der Waals surface area contributed by atoms with Crippen LogP contribution in [0.3, 0.4) is 0 Å². The molecule has 1 atom stereocenters. The maximum absolute atomic E-state index is 9.14. The summed E-state index contributed by atoms with van der Waals surface area (Å²) in [7, 11) is 0. The van der Waals surface area contributed by atoms with Gasteiger partial charge in [0.1, 0.15) is 0 Å². The molecule has 0 spiro atoms. The Morgan fingerprint density at radius 3 is 2.94 bits per heavy atom. The average Bonchev–Trinajstić information content (AvgIpc) is 2.83. The summed E-state index contributed by atoms with van der Waals surface area (Å²) < 4.78 is 0. The van der Waals surface area contributed by atoms with Crippen molar-refractivity contribution in [3.63, 3.8) is 0 Å². The zero-order valence-corrected chi connectivity index (χ0v) is 10.7. The second kappa shape index (κ2) is 5.09. The second-order valence-corrected chi connectivity index (χ2v) is 5.27. The smallest absolute Gasteiger partial charge is 0.0994 e. The number of nitrogens with zero attached hydrogens (tertiary/aromatic N) is 2. The SMILES string of the molecule is N#Cc1cccc2c1CC[C@@H]2CN1CCNCC1. The molecule has 94 valence electrons. The molecule has 1 aromatic rings. The van der Waals surface area contributed by atoms with E-state index in [4.69, 9.17) is 5.26 Å². The van der Waals surface area contributed by atoms with E-state index >= 15 is 0 Å². The van der Waals surface area contributed by atoms with Gasteiger partial charge in [0.2, 0.25) is 0 Å². The summed E-state index contributed by atoms with van der Waals surface area (Å²) in [6.45, 7) is 5.69. The first-order valence-corrected chi connectivity index (χ1v) is 6.83. The summed E-state index contributed by atoms with van der Waals surface area (Å²) in [4.78, 5) is 2.55. The lowest BCUT2D eigenvalue weighted by Crippen LogP contribution is -2.44. The highest BCUT2D eigenvalue weighted by molar-refractivity contribution is 5.47. The van der Waals surface area contributed by atoms with Gasteiger partial charge in [0.05, 0.1) is 11.6 Å². The van der Waals surface area contributed by atoms with Crippen LogP contribution in [0, 0.1) is 11.3 Å². The lowest BCUT2D eigenvalue weighted by Gasteiger charge is -2.29. The van der Waals surface area contributed by atoms with Crippen LogP contribution in [0.15, 0.2) is 18.2 Å². The van der Waals surface area contributed by atoms with Crippen LogP contribution in [0.25, 0.3) is 0 Å². The van der Waals surface area contributed by atoms with Crippen molar-refractivity contribution in [2.24, 2.45) is 0 Å². The number of rotatable bonds is 2. The number of hydrogen-bond acceptors (Lipinski definition) is 3. The molecule has 0 amide bonds. The van der Waals surface area contributed by atoms with Gasteiger partial charge in [-0.3, -0.25) is 0 Å². The predicted molar refractivity (Wildman–Crippen MR) is 71.5 cm³/mol. The molecule has 18 heavy (non-hydrogen) atoms. The van der Waals surface area contributed by atoms with E-state index in [0.717, 1.165) is 44.7 Å². The van der Waals surface area contributed by atoms with E-state index < -0.39 is 0 Å². The van der Waals surface area contributed by atoms with Crippen LogP contribution in [0.4, 0.5) is 0 Å². The van der Waals surface area contributed by atoms with E-state index in [-0.39, 0.29) is 0 Å². The van der Waals surface area contributed by atoms with Gasteiger partial charge in [-0.25, -0.2) is 0 Å². The first-order chi connectivity index (χ1) is 8.88. The molecule has 3 heteroatoms. The molecule has 3 rings (SSSR count). The Morgan fingerprint density at radius 2 is 2.17 bits per heavy atom. The lowest BCUT2D eigenvalue weighted by atomic mass is 9.98. The van der Waals surface area contributed by atoms with Gasteiger partial charge in [-0.05, 0) is 36.0 Å². The Kier molecular flexibility index (Phi) is 3.31. The molecular formula is C15H19N3. The third-order valence-corrected chi connectivity index (χ3v) is 4.20. The van der Waals surface area contributed by atoms with Crippen LogP contribution < -0.4 is 5.32 Å². The Balaban J connectivity index is 1.76. The first kappa shape index (κ1) is 11.7. The number of fused-ring (bicyclic) bond motifs is 1. The van der Waals surface area contributed by atoms with Crippen LogP contribution in [0.1, 0.15) is 29.0 Å². The van der Waals surface area contributed by atoms with Gasteiger partial charge in [0, 0.05) is 32.7 Å². The molecule has 1 saturated heterocycles. The Bertz CT molecular complexity index is 469. The topological polar surface area (TPSA) is 39.1 Å². The molecule has 1 aliphatic carbocycles. The molecule has 0 aromatic heterocycles. The average molecular weight is 241 g/mol. The fourth-order valence-corrected chi connectivity index (χ4v) is 3.24. The zero-order chi connectivity index (χ0) is 12.4. The van der Waals surface area contributed by atoms with Crippen LogP contribution in [0.5, 0.6) is 0 Å². The summed E-state index contributed by atoms with van der Waals surface area (Å²) in [5.74, 6) is 0.631. The normalized spacial score (nSPS) is 23.6. The highest BCUT2D eigenvalue weighted by Crippen LogP contribution is 2.35. The third kappa shape index (κ3) is 2.14. The largest absolute Gasteiger partial charge is 0.314 e. The molecule has 1 aromatic carbocycles. The van der Waals surface area contributed by atoms with Gasteiger partial charge in [0.15, 0.2) is 0 Å². The van der Waals surface area contributed by atoms with E-state index in [9.17, 15) is 0 Å². The number of piperazine rings is 1. The van der Waals surface area contributed by atoms with Gasteiger partial charge < -0.3 is 10.2 Å². The maximum Gasteiger partial charge on any atom is 0.0994 e. The Morgan fingerprint density at radius 1 is 1.33 bits per heavy atom.